The highest BCUT2D eigenvalue weighted by Gasteiger charge is 2.16. The summed E-state index contributed by atoms with van der Waals surface area (Å²) in [7, 11) is -1.54. The predicted molar refractivity (Wildman–Crippen MR) is 110 cm³/mol. The van der Waals surface area contributed by atoms with Crippen LogP contribution in [-0.2, 0) is 14.8 Å². The fourth-order valence-corrected chi connectivity index (χ4v) is 2.29. The predicted octanol–water partition coefficient (Wildman–Crippen LogP) is 3.87. The number of nitrogens with one attached hydrogen (secondary N) is 1. The maximum atomic E-state index is 10.5. The van der Waals surface area contributed by atoms with E-state index in [2.05, 4.69) is 11.6 Å². The molecule has 0 bridgehead atoms. The van der Waals surface area contributed by atoms with Crippen LogP contribution < -0.4 is 4.72 Å². The van der Waals surface area contributed by atoms with E-state index in [1.807, 2.05) is 31.2 Å². The van der Waals surface area contributed by atoms with Crippen LogP contribution in [0.25, 0.3) is 0 Å². The second-order valence-corrected chi connectivity index (χ2v) is 8.45. The number of carboxylic acids is 1. The van der Waals surface area contributed by atoms with Gasteiger partial charge in [-0.1, -0.05) is 42.9 Å². The fourth-order valence-electron chi connectivity index (χ4n) is 2.29. The maximum absolute atomic E-state index is 10.5. The van der Waals surface area contributed by atoms with Gasteiger partial charge >= 0.3 is 5.97 Å². The Bertz CT molecular complexity index is 755. The van der Waals surface area contributed by atoms with E-state index >= 15 is 0 Å². The first-order valence-electron chi connectivity index (χ1n) is 8.71. The summed E-state index contributed by atoms with van der Waals surface area (Å²) in [6.45, 7) is 5.85. The SMILES string of the molecule is CC(/C=C/C1=C(O)CCC[C@@H]1C)=C\C=C\C(C)=C\C(=O)O.CNS(C)(=O)=O. The Labute approximate surface area is 162 Å². The number of allylic oxidation sites excluding steroid dienone is 9. The molecule has 0 radical (unpaired) electrons. The smallest absolute Gasteiger partial charge is 0.328 e. The Morgan fingerprint density at radius 3 is 2.30 bits per heavy atom. The maximum Gasteiger partial charge on any atom is 0.328 e. The summed E-state index contributed by atoms with van der Waals surface area (Å²) in [6.07, 6.45) is 14.7. The van der Waals surface area contributed by atoms with E-state index < -0.39 is 16.0 Å². The third kappa shape index (κ3) is 12.8. The highest BCUT2D eigenvalue weighted by Crippen LogP contribution is 2.29. The van der Waals surface area contributed by atoms with Gasteiger partial charge in [-0.25, -0.2) is 17.9 Å². The number of aliphatic carboxylic acids is 1. The first kappa shape index (κ1) is 24.9. The molecule has 1 rings (SSSR count). The van der Waals surface area contributed by atoms with Gasteiger partial charge in [0, 0.05) is 12.5 Å². The third-order valence-electron chi connectivity index (χ3n) is 3.88. The lowest BCUT2D eigenvalue weighted by Gasteiger charge is -2.20. The number of aliphatic hydroxyl groups is 1. The molecule has 0 spiro atoms. The van der Waals surface area contributed by atoms with Gasteiger partial charge in [0.05, 0.1) is 12.0 Å². The monoisotopic (exact) mass is 397 g/mol. The van der Waals surface area contributed by atoms with Gasteiger partial charge in [-0.15, -0.1) is 0 Å². The lowest BCUT2D eigenvalue weighted by molar-refractivity contribution is -0.131. The van der Waals surface area contributed by atoms with Crippen molar-refractivity contribution in [1.82, 2.24) is 4.72 Å². The lowest BCUT2D eigenvalue weighted by atomic mass is 9.87. The molecule has 0 amide bonds. The molecule has 1 aliphatic rings. The molecule has 0 saturated carbocycles. The summed E-state index contributed by atoms with van der Waals surface area (Å²) < 4.78 is 21.9. The zero-order valence-corrected chi connectivity index (χ0v) is 17.5. The van der Waals surface area contributed by atoms with E-state index in [-0.39, 0.29) is 0 Å². The number of hydrogen-bond acceptors (Lipinski definition) is 4. The molecule has 7 heteroatoms. The van der Waals surface area contributed by atoms with Crippen molar-refractivity contribution in [2.24, 2.45) is 5.92 Å². The van der Waals surface area contributed by atoms with Crippen molar-refractivity contribution in [3.05, 3.63) is 58.9 Å². The second kappa shape index (κ2) is 12.3. The molecule has 0 aliphatic heterocycles. The largest absolute Gasteiger partial charge is 0.512 e. The van der Waals surface area contributed by atoms with Gasteiger partial charge < -0.3 is 10.2 Å². The zero-order valence-electron chi connectivity index (χ0n) is 16.7. The molecule has 1 aliphatic carbocycles. The summed E-state index contributed by atoms with van der Waals surface area (Å²) >= 11 is 0. The number of carboxylic acid groups (broad SMARTS) is 1. The minimum Gasteiger partial charge on any atom is -0.512 e. The molecule has 0 aromatic heterocycles. The van der Waals surface area contributed by atoms with Gasteiger partial charge in [-0.05, 0) is 50.8 Å². The average Bonchev–Trinajstić information content (AvgIpc) is 2.53. The van der Waals surface area contributed by atoms with Crippen LogP contribution in [0, 0.1) is 5.92 Å². The molecule has 152 valence electrons. The van der Waals surface area contributed by atoms with Crippen LogP contribution in [0.3, 0.4) is 0 Å². The molecule has 0 heterocycles. The van der Waals surface area contributed by atoms with Crippen LogP contribution in [0.1, 0.15) is 40.0 Å². The molecule has 27 heavy (non-hydrogen) atoms. The van der Waals surface area contributed by atoms with Gasteiger partial charge in [0.15, 0.2) is 0 Å². The van der Waals surface area contributed by atoms with Crippen LogP contribution in [-0.4, -0.2) is 37.9 Å². The molecule has 6 nitrogen and oxygen atoms in total. The van der Waals surface area contributed by atoms with E-state index in [1.165, 1.54) is 13.1 Å². The molecule has 0 saturated heterocycles. The molecule has 3 N–H and O–H groups in total. The summed E-state index contributed by atoms with van der Waals surface area (Å²) in [5, 5.41) is 18.5. The van der Waals surface area contributed by atoms with Crippen molar-refractivity contribution in [2.45, 2.75) is 40.0 Å². The molecular weight excluding hydrogens is 366 g/mol. The Morgan fingerprint density at radius 2 is 1.81 bits per heavy atom. The van der Waals surface area contributed by atoms with Crippen molar-refractivity contribution in [3.63, 3.8) is 0 Å². The number of hydrogen-bond donors (Lipinski definition) is 3. The number of rotatable bonds is 6. The zero-order chi connectivity index (χ0) is 21.0. The van der Waals surface area contributed by atoms with E-state index in [4.69, 9.17) is 5.11 Å². The minimum atomic E-state index is -2.91. The van der Waals surface area contributed by atoms with E-state index in [9.17, 15) is 18.3 Å². The Kier molecular flexibility index (Phi) is 11.3. The molecular formula is C20H31NO5S. The summed E-state index contributed by atoms with van der Waals surface area (Å²) in [5.41, 5.74) is 2.77. The molecule has 1 atom stereocenters. The van der Waals surface area contributed by atoms with Gasteiger partial charge in [0.1, 0.15) is 0 Å². The van der Waals surface area contributed by atoms with Gasteiger partial charge in [0.2, 0.25) is 10.0 Å². The Balaban J connectivity index is 0.000000972. The van der Waals surface area contributed by atoms with E-state index in [0.29, 0.717) is 17.3 Å². The first-order valence-corrected chi connectivity index (χ1v) is 10.6. The number of sulfonamides is 1. The van der Waals surface area contributed by atoms with Crippen molar-refractivity contribution in [3.8, 4) is 0 Å². The topological polar surface area (TPSA) is 104 Å². The molecule has 0 aromatic carbocycles. The standard InChI is InChI=1S/C18H24O3.C2H7NO2S/c1-13(6-4-7-14(2)12-18(20)21)10-11-16-15(3)8-5-9-17(16)19;1-3-6(2,4)5/h4,6-7,10-12,15,19H,5,8-9H2,1-3H3,(H,20,21);3H,1-2H3/b7-4+,11-10+,13-6+,14-12+;/t15-;/m0./s1. The highest BCUT2D eigenvalue weighted by molar-refractivity contribution is 7.88. The van der Waals surface area contributed by atoms with E-state index in [0.717, 1.165) is 36.7 Å². The fraction of sp³-hybridized carbons (Fsp3) is 0.450. The number of carbonyl (C=O) groups is 1. The molecule has 0 unspecified atom stereocenters. The second-order valence-electron chi connectivity index (χ2n) is 6.50. The van der Waals surface area contributed by atoms with Crippen molar-refractivity contribution < 1.29 is 23.4 Å². The van der Waals surface area contributed by atoms with Gasteiger partial charge in [-0.2, -0.15) is 0 Å². The van der Waals surface area contributed by atoms with Crippen LogP contribution in [0.2, 0.25) is 0 Å². The van der Waals surface area contributed by atoms with Crippen LogP contribution in [0.15, 0.2) is 58.9 Å². The summed E-state index contributed by atoms with van der Waals surface area (Å²) in [6, 6.07) is 0. The van der Waals surface area contributed by atoms with Gasteiger partial charge in [0.25, 0.3) is 0 Å². The van der Waals surface area contributed by atoms with Crippen LogP contribution in [0.4, 0.5) is 0 Å². The first-order chi connectivity index (χ1) is 12.5. The minimum absolute atomic E-state index is 0.402. The van der Waals surface area contributed by atoms with Gasteiger partial charge in [-0.3, -0.25) is 0 Å². The lowest BCUT2D eigenvalue weighted by Crippen LogP contribution is -2.15. The van der Waals surface area contributed by atoms with Crippen molar-refractivity contribution in [2.75, 3.05) is 13.3 Å². The van der Waals surface area contributed by atoms with Crippen LogP contribution >= 0.6 is 0 Å². The Hall–Kier alpha value is -2.12. The summed E-state index contributed by atoms with van der Waals surface area (Å²) in [5.74, 6) is -0.0286. The summed E-state index contributed by atoms with van der Waals surface area (Å²) in [4.78, 5) is 10.5. The Morgan fingerprint density at radius 1 is 1.22 bits per heavy atom. The van der Waals surface area contributed by atoms with Crippen molar-refractivity contribution >= 4 is 16.0 Å². The van der Waals surface area contributed by atoms with Crippen LogP contribution in [0.5, 0.6) is 0 Å². The highest BCUT2D eigenvalue weighted by atomic mass is 32.2. The van der Waals surface area contributed by atoms with E-state index in [1.54, 1.807) is 13.0 Å². The quantitative estimate of drug-likeness (QED) is 0.466. The average molecular weight is 398 g/mol. The molecule has 0 aromatic rings. The molecule has 0 fully saturated rings. The van der Waals surface area contributed by atoms with Crippen molar-refractivity contribution in [1.29, 1.82) is 0 Å². The normalized spacial score (nSPS) is 19.4. The number of aliphatic hydroxyl groups excluding tert-OH is 1. The third-order valence-corrected chi connectivity index (χ3v) is 4.62.